The third-order valence-electron chi connectivity index (χ3n) is 6.99. The van der Waals surface area contributed by atoms with Gasteiger partial charge in [0.05, 0.1) is 18.9 Å². The van der Waals surface area contributed by atoms with Crippen molar-refractivity contribution in [3.05, 3.63) is 99.6 Å². The minimum atomic E-state index is -3.17. The van der Waals surface area contributed by atoms with Crippen molar-refractivity contribution >= 4 is 17.4 Å². The maximum atomic E-state index is 14.1. The largest absolute Gasteiger partial charge is 0.381 e. The molecule has 0 aliphatic carbocycles. The summed E-state index contributed by atoms with van der Waals surface area (Å²) < 4.78 is 142. The van der Waals surface area contributed by atoms with Crippen molar-refractivity contribution in [1.82, 2.24) is 10.2 Å². The van der Waals surface area contributed by atoms with Gasteiger partial charge in [-0.05, 0) is 97.3 Å². The highest BCUT2D eigenvalue weighted by molar-refractivity contribution is 6.14. The molecule has 3 aliphatic heterocycles. The highest BCUT2D eigenvalue weighted by Crippen LogP contribution is 2.28. The van der Waals surface area contributed by atoms with Gasteiger partial charge in [-0.25, -0.2) is 8.78 Å². The highest BCUT2D eigenvalue weighted by Gasteiger charge is 2.24. The number of carbonyl (C=O) groups excluding carboxylic acids is 1. The second-order valence-corrected chi connectivity index (χ2v) is 10.0. The molecule has 3 aromatic carbocycles. The van der Waals surface area contributed by atoms with E-state index in [-0.39, 0.29) is 60.4 Å². The van der Waals surface area contributed by atoms with Gasteiger partial charge in [-0.15, -0.1) is 0 Å². The van der Waals surface area contributed by atoms with E-state index in [1.165, 1.54) is 12.1 Å². The van der Waals surface area contributed by atoms with Crippen LogP contribution in [-0.4, -0.2) is 62.8 Å². The molecule has 0 atom stereocenters. The molecule has 2 fully saturated rings. The van der Waals surface area contributed by atoms with Gasteiger partial charge in [0, 0.05) is 67.4 Å². The van der Waals surface area contributed by atoms with Crippen molar-refractivity contribution in [2.45, 2.75) is 32.2 Å². The molecule has 41 heavy (non-hydrogen) atoms. The first-order valence-corrected chi connectivity index (χ1v) is 13.1. The zero-order chi connectivity index (χ0) is 40.0. The van der Waals surface area contributed by atoms with Gasteiger partial charge in [-0.3, -0.25) is 9.79 Å². The van der Waals surface area contributed by atoms with Crippen molar-refractivity contribution in [3.8, 4) is 0 Å². The zero-order valence-electron chi connectivity index (χ0n) is 35.1. The molecule has 1 amide bonds. The quantitative estimate of drug-likeness (QED) is 0.454. The number of rotatable bonds is 6. The van der Waals surface area contributed by atoms with Crippen molar-refractivity contribution < 1.29 is 36.1 Å². The van der Waals surface area contributed by atoms with E-state index < -0.39 is 68.6 Å². The molecule has 2 saturated heterocycles. The van der Waals surface area contributed by atoms with Crippen LogP contribution in [0.25, 0.3) is 0 Å². The SMILES string of the molecule is [2H]c1c(F)cc(Cc2ccc3c(c2)C(NC(=O)c2ccc(N4C([2H])([2H])C([2H])([2H])N(C)C([2H])([2H])C4([2H])[2H])cc2CC2CC([2H])([2H])OC([2H])([2H])C2)=NC3)cc1F. The molecule has 0 unspecified atom stereocenters. The molecule has 8 heteroatoms. The topological polar surface area (TPSA) is 57.2 Å². The molecule has 0 aromatic heterocycles. The number of nitrogens with one attached hydrogen (secondary N) is 1. The van der Waals surface area contributed by atoms with Gasteiger partial charge in [0.1, 0.15) is 17.5 Å². The third kappa shape index (κ3) is 6.49. The van der Waals surface area contributed by atoms with E-state index in [1.807, 2.05) is 0 Å². The predicted octanol–water partition coefficient (Wildman–Crippen LogP) is 4.97. The van der Waals surface area contributed by atoms with E-state index in [9.17, 15) is 13.6 Å². The van der Waals surface area contributed by atoms with Crippen LogP contribution in [-0.2, 0) is 24.1 Å². The smallest absolute Gasteiger partial charge is 0.257 e. The zero-order valence-corrected chi connectivity index (χ0v) is 22.1. The van der Waals surface area contributed by atoms with Gasteiger partial charge in [-0.2, -0.15) is 0 Å². The van der Waals surface area contributed by atoms with Crippen LogP contribution < -0.4 is 10.2 Å². The van der Waals surface area contributed by atoms with E-state index in [4.69, 9.17) is 22.6 Å². The molecular formula is C33H36F2N4O2. The Hall–Kier alpha value is -3.62. The van der Waals surface area contributed by atoms with Crippen molar-refractivity contribution in [3.63, 3.8) is 0 Å². The van der Waals surface area contributed by atoms with Crippen LogP contribution in [0.1, 0.15) is 68.8 Å². The number of piperazine rings is 1. The number of hydrogen-bond acceptors (Lipinski definition) is 5. The molecule has 214 valence electrons. The monoisotopic (exact) mass is 571 g/mol. The number of benzene rings is 3. The summed E-state index contributed by atoms with van der Waals surface area (Å²) in [5.41, 5.74) is 1.87. The summed E-state index contributed by atoms with van der Waals surface area (Å²) in [7, 11) is 0.932. The van der Waals surface area contributed by atoms with Crippen molar-refractivity contribution in [1.29, 1.82) is 0 Å². The van der Waals surface area contributed by atoms with E-state index in [0.717, 1.165) is 30.8 Å². The van der Waals surface area contributed by atoms with E-state index in [1.54, 1.807) is 18.2 Å². The fourth-order valence-corrected chi connectivity index (χ4v) is 4.96. The molecule has 6 rings (SSSR count). The summed E-state index contributed by atoms with van der Waals surface area (Å²) in [5, 5.41) is 2.75. The van der Waals surface area contributed by atoms with Gasteiger partial charge in [-0.1, -0.05) is 12.1 Å². The Morgan fingerprint density at radius 3 is 2.56 bits per heavy atom. The first kappa shape index (κ1) is 16.1. The number of amidine groups is 1. The molecule has 0 bridgehead atoms. The number of nitrogens with zero attached hydrogens (tertiary/aromatic N) is 3. The lowest BCUT2D eigenvalue weighted by molar-refractivity contribution is 0.0664. The van der Waals surface area contributed by atoms with E-state index in [0.29, 0.717) is 20.9 Å². The summed E-state index contributed by atoms with van der Waals surface area (Å²) in [6.45, 7) is -17.1. The van der Waals surface area contributed by atoms with Gasteiger partial charge in [0.25, 0.3) is 5.91 Å². The van der Waals surface area contributed by atoms with Crippen LogP contribution >= 0.6 is 0 Å². The number of amides is 1. The van der Waals surface area contributed by atoms with Crippen LogP contribution in [0.15, 0.2) is 59.6 Å². The molecule has 0 spiro atoms. The average Bonchev–Trinajstić information content (AvgIpc) is 3.42. The lowest BCUT2D eigenvalue weighted by Crippen LogP contribution is -2.44. The minimum Gasteiger partial charge on any atom is -0.381 e. The Morgan fingerprint density at radius 1 is 1.05 bits per heavy atom. The molecule has 0 saturated carbocycles. The van der Waals surface area contributed by atoms with Crippen LogP contribution in [0.5, 0.6) is 0 Å². The number of ether oxygens (including phenoxy) is 1. The predicted molar refractivity (Wildman–Crippen MR) is 157 cm³/mol. The highest BCUT2D eigenvalue weighted by atomic mass is 19.1. The van der Waals surface area contributed by atoms with Crippen LogP contribution in [0.3, 0.4) is 0 Å². The van der Waals surface area contributed by atoms with Crippen molar-refractivity contribution in [2.24, 2.45) is 10.9 Å². The molecule has 3 aromatic rings. The summed E-state index contributed by atoms with van der Waals surface area (Å²) >= 11 is 0. The van der Waals surface area contributed by atoms with E-state index >= 15 is 0 Å². The second kappa shape index (κ2) is 12.1. The fourth-order valence-electron chi connectivity index (χ4n) is 4.96. The molecule has 1 N–H and O–H groups in total. The normalized spacial score (nSPS) is 29.9. The van der Waals surface area contributed by atoms with Gasteiger partial charge in [0.15, 0.2) is 0 Å². The number of halogens is 2. The fraction of sp³-hybridized carbons (Fsp3) is 0.394. The number of anilines is 1. The number of hydrogen-bond donors (Lipinski definition) is 1. The van der Waals surface area contributed by atoms with Crippen LogP contribution in [0.2, 0.25) is 0 Å². The van der Waals surface area contributed by atoms with Gasteiger partial charge >= 0.3 is 0 Å². The summed E-state index contributed by atoms with van der Waals surface area (Å²) in [6.07, 6.45) is -0.667. The third-order valence-corrected chi connectivity index (χ3v) is 6.99. The molecule has 3 aliphatic rings. The lowest BCUT2D eigenvalue weighted by atomic mass is 9.89. The molecule has 6 nitrogen and oxygen atoms in total. The van der Waals surface area contributed by atoms with Gasteiger partial charge in [0.2, 0.25) is 0 Å². The Labute approximate surface area is 258 Å². The minimum absolute atomic E-state index is 0.0543. The Morgan fingerprint density at radius 2 is 1.80 bits per heavy atom. The second-order valence-electron chi connectivity index (χ2n) is 10.0. The Balaban J connectivity index is 1.36. The maximum absolute atomic E-state index is 14.1. The molecule has 3 heterocycles. The maximum Gasteiger partial charge on any atom is 0.257 e. The summed E-state index contributed by atoms with van der Waals surface area (Å²) in [6, 6.07) is 10.1. The first-order chi connectivity index (χ1) is 24.8. The Bertz CT molecular complexity index is 1980. The molecular weight excluding hydrogens is 522 g/mol. The summed E-state index contributed by atoms with van der Waals surface area (Å²) in [5.74, 6) is -3.38. The van der Waals surface area contributed by atoms with Crippen LogP contribution in [0, 0.1) is 17.6 Å². The number of fused-ring (bicyclic) bond motifs is 1. The standard InChI is InChI=1S/C33H36F2N4O2/c1-38-8-10-39(11-9-38)29-4-5-30(26(19-29)15-22-6-12-41-13-7-22)33(40)37-32-31-18-23(2-3-25(31)21-36-32)14-24-16-27(34)20-28(35)17-24/h2-5,16-20,22H,6-15,21H2,1H3,(H,36,37,40)/i8D2,9D2,10D2,11D2,12D2,13D2,20D. The molecule has 0 radical (unpaired) electrons. The van der Waals surface area contributed by atoms with Crippen molar-refractivity contribution in [2.75, 3.05) is 51.1 Å². The lowest BCUT2D eigenvalue weighted by Gasteiger charge is -2.34. The number of carbonyl (C=O) groups is 1. The first-order valence-electron chi connectivity index (χ1n) is 19.6. The van der Waals surface area contributed by atoms with E-state index in [2.05, 4.69) is 10.3 Å². The Kier molecular flexibility index (Phi) is 4.76. The van der Waals surface area contributed by atoms with Crippen LogP contribution in [0.4, 0.5) is 14.5 Å². The number of likely N-dealkylation sites (N-methyl/N-ethyl adjacent to an activating group) is 1. The van der Waals surface area contributed by atoms with Gasteiger partial charge < -0.3 is 19.9 Å². The summed E-state index contributed by atoms with van der Waals surface area (Å²) in [4.78, 5) is 19.2. The average molecular weight is 572 g/mol. The number of aliphatic imine (C=N–C) groups is 1.